The van der Waals surface area contributed by atoms with E-state index >= 15 is 0 Å². The summed E-state index contributed by atoms with van der Waals surface area (Å²) in [5, 5.41) is 18.4. The van der Waals surface area contributed by atoms with Crippen molar-refractivity contribution >= 4 is 21.7 Å². The number of aromatic nitrogens is 2. The Hall–Kier alpha value is -2.23. The van der Waals surface area contributed by atoms with Crippen molar-refractivity contribution in [2.45, 2.75) is 56.5 Å². The van der Waals surface area contributed by atoms with Gasteiger partial charge in [0.1, 0.15) is 17.5 Å². The van der Waals surface area contributed by atoms with E-state index in [1.807, 2.05) is 12.1 Å². The number of hydrogen-bond acceptors (Lipinski definition) is 7. The van der Waals surface area contributed by atoms with E-state index in [0.29, 0.717) is 12.5 Å². The number of hydrogen-bond donors (Lipinski definition) is 3. The highest BCUT2D eigenvalue weighted by atomic mass is 32.2. The maximum absolute atomic E-state index is 11.7. The molecule has 2 aliphatic rings. The third kappa shape index (κ3) is 4.58. The maximum Gasteiger partial charge on any atom is 0.238 e. The predicted octanol–water partition coefficient (Wildman–Crippen LogP) is 1.99. The molecule has 4 N–H and O–H groups in total. The second-order valence-corrected chi connectivity index (χ2v) is 10.1. The Morgan fingerprint density at radius 3 is 2.63 bits per heavy atom. The molecule has 1 aromatic heterocycles. The Labute approximate surface area is 177 Å². The van der Waals surface area contributed by atoms with Crippen LogP contribution in [-0.4, -0.2) is 42.7 Å². The first kappa shape index (κ1) is 21.0. The summed E-state index contributed by atoms with van der Waals surface area (Å²) in [5.74, 6) is 3.03. The van der Waals surface area contributed by atoms with Crippen LogP contribution in [-0.2, 0) is 23.0 Å². The molecule has 8 nitrogen and oxygen atoms in total. The van der Waals surface area contributed by atoms with E-state index in [1.165, 1.54) is 0 Å². The number of aliphatic hydroxyl groups is 1. The van der Waals surface area contributed by atoms with Gasteiger partial charge in [-0.25, -0.2) is 23.5 Å². The zero-order valence-electron chi connectivity index (χ0n) is 17.4. The minimum atomic E-state index is -3.74. The van der Waals surface area contributed by atoms with Crippen molar-refractivity contribution in [3.63, 3.8) is 0 Å². The highest BCUT2D eigenvalue weighted by Crippen LogP contribution is 2.39. The first-order valence-corrected chi connectivity index (χ1v) is 11.9. The van der Waals surface area contributed by atoms with E-state index in [2.05, 4.69) is 24.1 Å². The van der Waals surface area contributed by atoms with E-state index in [1.54, 1.807) is 12.1 Å². The van der Waals surface area contributed by atoms with Gasteiger partial charge in [-0.3, -0.25) is 0 Å². The molecule has 1 saturated carbocycles. The average Bonchev–Trinajstić information content (AvgIpc) is 3.55. The van der Waals surface area contributed by atoms with E-state index in [9.17, 15) is 13.5 Å². The number of nitrogens with two attached hydrogens (primary N) is 1. The van der Waals surface area contributed by atoms with Crippen LogP contribution in [0.15, 0.2) is 29.2 Å². The van der Waals surface area contributed by atoms with Crippen LogP contribution in [0.1, 0.15) is 49.6 Å². The molecule has 1 aliphatic heterocycles. The van der Waals surface area contributed by atoms with Gasteiger partial charge < -0.3 is 15.3 Å². The molecule has 9 heteroatoms. The summed E-state index contributed by atoms with van der Waals surface area (Å²) in [6.07, 6.45) is 2.99. The van der Waals surface area contributed by atoms with Crippen LogP contribution >= 0.6 is 0 Å². The lowest BCUT2D eigenvalue weighted by Crippen LogP contribution is -2.33. The number of nitrogens with zero attached hydrogens (tertiary/aromatic N) is 3. The molecule has 30 heavy (non-hydrogen) atoms. The van der Waals surface area contributed by atoms with Crippen molar-refractivity contribution in [1.29, 1.82) is 0 Å². The molecule has 1 aliphatic carbocycles. The number of benzene rings is 1. The van der Waals surface area contributed by atoms with Crippen LogP contribution in [0.5, 0.6) is 0 Å². The number of sulfonamides is 1. The molecular weight excluding hydrogens is 402 g/mol. The first-order valence-electron chi connectivity index (χ1n) is 10.4. The second kappa shape index (κ2) is 8.13. The fourth-order valence-electron chi connectivity index (χ4n) is 3.73. The number of anilines is 2. The topological polar surface area (TPSA) is 121 Å². The van der Waals surface area contributed by atoms with Crippen LogP contribution in [0, 0.1) is 5.92 Å². The maximum atomic E-state index is 11.7. The summed E-state index contributed by atoms with van der Waals surface area (Å²) in [6.45, 7) is 5.50. The Morgan fingerprint density at radius 2 is 2.00 bits per heavy atom. The Kier molecular flexibility index (Phi) is 5.69. The summed E-state index contributed by atoms with van der Waals surface area (Å²) >= 11 is 0. The van der Waals surface area contributed by atoms with Crippen molar-refractivity contribution in [1.82, 2.24) is 9.97 Å². The van der Waals surface area contributed by atoms with Gasteiger partial charge in [-0.1, -0.05) is 19.9 Å². The minimum Gasteiger partial charge on any atom is -0.394 e. The van der Waals surface area contributed by atoms with Gasteiger partial charge in [-0.15, -0.1) is 0 Å². The molecule has 0 spiro atoms. The van der Waals surface area contributed by atoms with Gasteiger partial charge in [0.25, 0.3) is 0 Å². The molecule has 2 aromatic rings. The molecular formula is C21H29N5O3S. The molecule has 162 valence electrons. The Bertz CT molecular complexity index is 1040. The SMILES string of the molecule is CC(C)[C@H](CO)Nc1cc(N2CCc3ccc(S(N)(=O)=O)cc3C2)nc(C2CC2)n1. The highest BCUT2D eigenvalue weighted by Gasteiger charge is 2.29. The quantitative estimate of drug-likeness (QED) is 0.613. The van der Waals surface area contributed by atoms with Gasteiger partial charge in [0.15, 0.2) is 0 Å². The zero-order valence-corrected chi connectivity index (χ0v) is 18.2. The molecule has 0 unspecified atom stereocenters. The standard InChI is InChI=1S/C21H29N5O3S/c1-13(2)18(12-27)23-19-10-20(25-21(24-19)15-3-4-15)26-8-7-14-5-6-17(30(22,28)29)9-16(14)11-26/h5-6,9-10,13,15,18,27H,3-4,7-8,11-12H2,1-2H3,(H2,22,28,29)(H,23,24,25)/t18-/m0/s1. The molecule has 4 rings (SSSR count). The summed E-state index contributed by atoms with van der Waals surface area (Å²) in [5.41, 5.74) is 2.08. The summed E-state index contributed by atoms with van der Waals surface area (Å²) in [7, 11) is -3.74. The fourth-order valence-corrected chi connectivity index (χ4v) is 4.30. The number of primary sulfonamides is 1. The Balaban J connectivity index is 1.64. The van der Waals surface area contributed by atoms with Crippen LogP contribution in [0.3, 0.4) is 0 Å². The number of rotatable bonds is 7. The number of aliphatic hydroxyl groups excluding tert-OH is 1. The average molecular weight is 432 g/mol. The van der Waals surface area contributed by atoms with E-state index in [4.69, 9.17) is 15.1 Å². The van der Waals surface area contributed by atoms with Crippen LogP contribution in [0.25, 0.3) is 0 Å². The zero-order chi connectivity index (χ0) is 21.5. The molecule has 0 amide bonds. The van der Waals surface area contributed by atoms with Crippen molar-refractivity contribution in [2.24, 2.45) is 11.1 Å². The smallest absolute Gasteiger partial charge is 0.238 e. The minimum absolute atomic E-state index is 0.0309. The largest absolute Gasteiger partial charge is 0.394 e. The van der Waals surface area contributed by atoms with Crippen molar-refractivity contribution in [3.05, 3.63) is 41.2 Å². The second-order valence-electron chi connectivity index (χ2n) is 8.57. The monoisotopic (exact) mass is 431 g/mol. The molecule has 1 fully saturated rings. The third-order valence-electron chi connectivity index (χ3n) is 5.85. The summed E-state index contributed by atoms with van der Waals surface area (Å²) in [6, 6.07) is 6.93. The van der Waals surface area contributed by atoms with Crippen molar-refractivity contribution in [2.75, 3.05) is 23.4 Å². The van der Waals surface area contributed by atoms with Crippen LogP contribution in [0.2, 0.25) is 0 Å². The first-order chi connectivity index (χ1) is 14.2. The van der Waals surface area contributed by atoms with Crippen LogP contribution < -0.4 is 15.4 Å². The van der Waals surface area contributed by atoms with E-state index in [-0.39, 0.29) is 23.5 Å². The van der Waals surface area contributed by atoms with Gasteiger partial charge in [0.05, 0.1) is 17.5 Å². The molecule has 0 saturated heterocycles. The third-order valence-corrected chi connectivity index (χ3v) is 6.76. The normalized spacial score (nSPS) is 17.7. The number of nitrogens with one attached hydrogen (secondary N) is 1. The van der Waals surface area contributed by atoms with Crippen molar-refractivity contribution in [3.8, 4) is 0 Å². The summed E-state index contributed by atoms with van der Waals surface area (Å²) in [4.78, 5) is 11.8. The van der Waals surface area contributed by atoms with E-state index < -0.39 is 10.0 Å². The van der Waals surface area contributed by atoms with Gasteiger partial charge in [0, 0.05) is 25.1 Å². The lowest BCUT2D eigenvalue weighted by molar-refractivity contribution is 0.249. The predicted molar refractivity (Wildman–Crippen MR) is 116 cm³/mol. The molecule has 2 heterocycles. The lowest BCUT2D eigenvalue weighted by atomic mass is 10.00. The van der Waals surface area contributed by atoms with Gasteiger partial charge in [-0.2, -0.15) is 0 Å². The highest BCUT2D eigenvalue weighted by molar-refractivity contribution is 7.89. The molecule has 1 atom stereocenters. The molecule has 1 aromatic carbocycles. The van der Waals surface area contributed by atoms with E-state index in [0.717, 1.165) is 54.4 Å². The van der Waals surface area contributed by atoms with Gasteiger partial charge in [-0.05, 0) is 48.4 Å². The fraction of sp³-hybridized carbons (Fsp3) is 0.524. The van der Waals surface area contributed by atoms with Gasteiger partial charge in [0.2, 0.25) is 10.0 Å². The summed E-state index contributed by atoms with van der Waals surface area (Å²) < 4.78 is 23.5. The molecule has 0 radical (unpaired) electrons. The molecule has 0 bridgehead atoms. The lowest BCUT2D eigenvalue weighted by Gasteiger charge is -2.31. The van der Waals surface area contributed by atoms with Crippen LogP contribution in [0.4, 0.5) is 11.6 Å². The van der Waals surface area contributed by atoms with Crippen molar-refractivity contribution < 1.29 is 13.5 Å². The number of fused-ring (bicyclic) bond motifs is 1. The van der Waals surface area contributed by atoms with Gasteiger partial charge >= 0.3 is 0 Å². The Morgan fingerprint density at radius 1 is 1.23 bits per heavy atom.